The summed E-state index contributed by atoms with van der Waals surface area (Å²) in [4.78, 5) is 13.7. The number of carboxylic acids is 1. The Hall–Kier alpha value is -0.860. The average molecular weight is 216 g/mol. The molecule has 5 nitrogen and oxygen atoms in total. The van der Waals surface area contributed by atoms with Crippen molar-refractivity contribution in [2.24, 2.45) is 5.73 Å². The maximum Gasteiger partial charge on any atom is 0.490 e. The normalized spacial score (nSPS) is 18.1. The van der Waals surface area contributed by atoms with Gasteiger partial charge in [-0.05, 0) is 0 Å². The molecule has 0 spiro atoms. The Morgan fingerprint density at radius 1 is 1.57 bits per heavy atom. The van der Waals surface area contributed by atoms with Crippen molar-refractivity contribution in [3.63, 3.8) is 0 Å². The molecule has 1 aliphatic rings. The summed E-state index contributed by atoms with van der Waals surface area (Å²) in [5.41, 5.74) is 5.42. The fraction of sp³-hybridized carbons (Fsp3) is 0.833. The van der Waals surface area contributed by atoms with Crippen molar-refractivity contribution in [1.29, 1.82) is 0 Å². The van der Waals surface area contributed by atoms with Crippen LogP contribution in [0.2, 0.25) is 0 Å². The highest BCUT2D eigenvalue weighted by molar-refractivity contribution is 5.73. The number of halogens is 3. The van der Waals surface area contributed by atoms with Crippen LogP contribution < -0.4 is 5.73 Å². The lowest BCUT2D eigenvalue weighted by atomic mass is 10.2. The first-order valence-electron chi connectivity index (χ1n) is 3.62. The zero-order valence-corrected chi connectivity index (χ0v) is 7.41. The standard InChI is InChI=1S/C4H10N2O.C2HF3O2/c1-7-6-2-4(5)3-6;3-2(4,5)1(6)7/h4H,2-3,5H2,1H3;(H,6,7). The van der Waals surface area contributed by atoms with Gasteiger partial charge in [0.1, 0.15) is 0 Å². The quantitative estimate of drug-likeness (QED) is 0.636. The van der Waals surface area contributed by atoms with E-state index in [2.05, 4.69) is 0 Å². The molecule has 0 radical (unpaired) electrons. The Balaban J connectivity index is 0.000000241. The summed E-state index contributed by atoms with van der Waals surface area (Å²) in [6.45, 7) is 1.77. The summed E-state index contributed by atoms with van der Waals surface area (Å²) in [5, 5.41) is 8.95. The number of nitrogens with two attached hydrogens (primary N) is 1. The second-order valence-electron chi connectivity index (χ2n) is 2.59. The van der Waals surface area contributed by atoms with Gasteiger partial charge in [-0.1, -0.05) is 0 Å². The van der Waals surface area contributed by atoms with Gasteiger partial charge in [0.15, 0.2) is 0 Å². The van der Waals surface area contributed by atoms with Crippen molar-refractivity contribution in [2.75, 3.05) is 20.2 Å². The Bertz CT molecular complexity index is 191. The highest BCUT2D eigenvalue weighted by Gasteiger charge is 2.38. The smallest absolute Gasteiger partial charge is 0.475 e. The third-order valence-electron chi connectivity index (χ3n) is 1.38. The summed E-state index contributed by atoms with van der Waals surface area (Å²) in [7, 11) is 1.66. The molecule has 0 aromatic rings. The first-order valence-corrected chi connectivity index (χ1v) is 3.62. The van der Waals surface area contributed by atoms with Gasteiger partial charge >= 0.3 is 12.1 Å². The summed E-state index contributed by atoms with van der Waals surface area (Å²) in [6, 6.07) is 0.347. The van der Waals surface area contributed by atoms with Crippen LogP contribution in [-0.4, -0.2) is 48.6 Å². The molecule has 0 bridgehead atoms. The SMILES string of the molecule is CON1CC(N)C1.O=C(O)C(F)(F)F. The van der Waals surface area contributed by atoms with Gasteiger partial charge in [0, 0.05) is 19.1 Å². The van der Waals surface area contributed by atoms with E-state index in [1.165, 1.54) is 0 Å². The van der Waals surface area contributed by atoms with Gasteiger partial charge in [-0.15, -0.1) is 0 Å². The maximum atomic E-state index is 10.6. The van der Waals surface area contributed by atoms with E-state index in [0.717, 1.165) is 13.1 Å². The molecule has 1 heterocycles. The predicted molar refractivity (Wildman–Crippen MR) is 40.2 cm³/mol. The molecule has 8 heteroatoms. The Morgan fingerprint density at radius 2 is 1.93 bits per heavy atom. The molecule has 14 heavy (non-hydrogen) atoms. The maximum absolute atomic E-state index is 10.6. The predicted octanol–water partition coefficient (Wildman–Crippen LogP) is -0.176. The Kier molecular flexibility index (Phi) is 4.81. The average Bonchev–Trinajstić information content (AvgIpc) is 1.98. The second-order valence-corrected chi connectivity index (χ2v) is 2.59. The van der Waals surface area contributed by atoms with Gasteiger partial charge < -0.3 is 15.7 Å². The van der Waals surface area contributed by atoms with Crippen LogP contribution in [0.4, 0.5) is 13.2 Å². The minimum atomic E-state index is -5.08. The fourth-order valence-electron chi connectivity index (χ4n) is 0.619. The molecule has 0 aromatic carbocycles. The number of aliphatic carboxylic acids is 1. The van der Waals surface area contributed by atoms with E-state index in [1.807, 2.05) is 5.06 Å². The van der Waals surface area contributed by atoms with Gasteiger partial charge in [0.25, 0.3) is 0 Å². The molecule has 0 aliphatic carbocycles. The van der Waals surface area contributed by atoms with Crippen molar-refractivity contribution >= 4 is 5.97 Å². The molecule has 1 fully saturated rings. The molecule has 0 aromatic heterocycles. The largest absolute Gasteiger partial charge is 0.490 e. The molecule has 1 saturated heterocycles. The topological polar surface area (TPSA) is 75.8 Å². The molecular formula is C6H11F3N2O3. The van der Waals surface area contributed by atoms with Crippen LogP contribution in [0.1, 0.15) is 0 Å². The number of rotatable bonds is 1. The minimum absolute atomic E-state index is 0.347. The molecule has 84 valence electrons. The minimum Gasteiger partial charge on any atom is -0.475 e. The summed E-state index contributed by atoms with van der Waals surface area (Å²) in [6.07, 6.45) is -5.08. The molecule has 1 rings (SSSR count). The van der Waals surface area contributed by atoms with Crippen molar-refractivity contribution < 1.29 is 27.9 Å². The van der Waals surface area contributed by atoms with E-state index in [9.17, 15) is 13.2 Å². The van der Waals surface area contributed by atoms with Crippen molar-refractivity contribution in [2.45, 2.75) is 12.2 Å². The number of carbonyl (C=O) groups is 1. The van der Waals surface area contributed by atoms with Crippen LogP contribution in [-0.2, 0) is 9.63 Å². The first-order chi connectivity index (χ1) is 6.27. The van der Waals surface area contributed by atoms with E-state index in [-0.39, 0.29) is 0 Å². The molecule has 0 atom stereocenters. The molecule has 3 N–H and O–H groups in total. The van der Waals surface area contributed by atoms with Crippen molar-refractivity contribution in [3.05, 3.63) is 0 Å². The van der Waals surface area contributed by atoms with Gasteiger partial charge in [0.2, 0.25) is 0 Å². The van der Waals surface area contributed by atoms with E-state index in [4.69, 9.17) is 20.5 Å². The van der Waals surface area contributed by atoms with Crippen molar-refractivity contribution in [1.82, 2.24) is 5.06 Å². The van der Waals surface area contributed by atoms with Crippen LogP contribution in [0.15, 0.2) is 0 Å². The van der Waals surface area contributed by atoms with E-state index in [1.54, 1.807) is 7.11 Å². The van der Waals surface area contributed by atoms with Gasteiger partial charge in [-0.2, -0.15) is 18.2 Å². The lowest BCUT2D eigenvalue weighted by molar-refractivity contribution is -0.192. The molecule has 0 saturated carbocycles. The van der Waals surface area contributed by atoms with Crippen LogP contribution in [0.3, 0.4) is 0 Å². The highest BCUT2D eigenvalue weighted by atomic mass is 19.4. The monoisotopic (exact) mass is 216 g/mol. The van der Waals surface area contributed by atoms with Crippen molar-refractivity contribution in [3.8, 4) is 0 Å². The molecule has 1 aliphatic heterocycles. The summed E-state index contributed by atoms with van der Waals surface area (Å²) >= 11 is 0. The zero-order chi connectivity index (χ0) is 11.4. The van der Waals surface area contributed by atoms with E-state index < -0.39 is 12.1 Å². The number of hydrogen-bond donors (Lipinski definition) is 2. The highest BCUT2D eigenvalue weighted by Crippen LogP contribution is 2.13. The lowest BCUT2D eigenvalue weighted by Crippen LogP contribution is -2.54. The molecule has 0 unspecified atom stereocenters. The van der Waals surface area contributed by atoms with Crippen LogP contribution in [0.25, 0.3) is 0 Å². The van der Waals surface area contributed by atoms with Crippen LogP contribution >= 0.6 is 0 Å². The molecule has 0 amide bonds. The second kappa shape index (κ2) is 5.13. The number of alkyl halides is 3. The zero-order valence-electron chi connectivity index (χ0n) is 7.41. The first kappa shape index (κ1) is 13.1. The molecular weight excluding hydrogens is 205 g/mol. The van der Waals surface area contributed by atoms with Crippen LogP contribution in [0.5, 0.6) is 0 Å². The lowest BCUT2D eigenvalue weighted by Gasteiger charge is -2.33. The van der Waals surface area contributed by atoms with Crippen LogP contribution in [0, 0.1) is 0 Å². The summed E-state index contributed by atoms with van der Waals surface area (Å²) < 4.78 is 31.7. The number of hydrogen-bond acceptors (Lipinski definition) is 4. The number of carboxylic acid groups (broad SMARTS) is 1. The van der Waals surface area contributed by atoms with Gasteiger partial charge in [-0.3, -0.25) is 0 Å². The van der Waals surface area contributed by atoms with Gasteiger partial charge in [0.05, 0.1) is 7.11 Å². The third-order valence-corrected chi connectivity index (χ3v) is 1.38. The number of nitrogens with zero attached hydrogens (tertiary/aromatic N) is 1. The van der Waals surface area contributed by atoms with E-state index >= 15 is 0 Å². The van der Waals surface area contributed by atoms with Gasteiger partial charge in [-0.25, -0.2) is 4.79 Å². The third kappa shape index (κ3) is 5.00. The fourth-order valence-corrected chi connectivity index (χ4v) is 0.619. The number of hydroxylamine groups is 2. The Labute approximate surface area is 78.2 Å². The summed E-state index contributed by atoms with van der Waals surface area (Å²) in [5.74, 6) is -2.76. The Morgan fingerprint density at radius 3 is 2.00 bits per heavy atom. The van der Waals surface area contributed by atoms with E-state index in [0.29, 0.717) is 6.04 Å².